The van der Waals surface area contributed by atoms with E-state index in [2.05, 4.69) is 5.32 Å². The average molecular weight is 333 g/mol. The number of thiophene rings is 1. The molecule has 1 aromatic heterocycles. The lowest BCUT2D eigenvalue weighted by Crippen LogP contribution is -2.27. The molecule has 122 valence electrons. The number of anilines is 2. The number of hydrogen-bond donors (Lipinski definition) is 3. The van der Waals surface area contributed by atoms with Gasteiger partial charge in [-0.3, -0.25) is 10.1 Å². The van der Waals surface area contributed by atoms with Crippen molar-refractivity contribution in [2.24, 2.45) is 5.73 Å². The molecule has 0 aliphatic rings. The van der Waals surface area contributed by atoms with E-state index in [1.165, 1.54) is 11.3 Å². The van der Waals surface area contributed by atoms with Crippen molar-refractivity contribution in [3.05, 3.63) is 35.2 Å². The second-order valence-corrected chi connectivity index (χ2v) is 7.04. The van der Waals surface area contributed by atoms with Crippen LogP contribution >= 0.6 is 11.3 Å². The second kappa shape index (κ2) is 6.29. The van der Waals surface area contributed by atoms with Gasteiger partial charge in [-0.25, -0.2) is 4.79 Å². The van der Waals surface area contributed by atoms with Gasteiger partial charge < -0.3 is 16.2 Å². The van der Waals surface area contributed by atoms with Crippen LogP contribution in [-0.2, 0) is 4.74 Å². The first-order valence-corrected chi connectivity index (χ1v) is 7.77. The minimum Gasteiger partial charge on any atom is -0.444 e. The molecule has 7 heteroatoms. The van der Waals surface area contributed by atoms with Gasteiger partial charge in [0, 0.05) is 4.88 Å². The normalized spacial score (nSPS) is 11.1. The molecule has 0 spiro atoms. The molecule has 2 rings (SSSR count). The van der Waals surface area contributed by atoms with E-state index >= 15 is 0 Å². The summed E-state index contributed by atoms with van der Waals surface area (Å²) in [4.78, 5) is 24.3. The Morgan fingerprint density at radius 1 is 1.17 bits per heavy atom. The maximum atomic E-state index is 11.8. The quantitative estimate of drug-likeness (QED) is 0.748. The summed E-state index contributed by atoms with van der Waals surface area (Å²) in [5.41, 5.74) is 12.4. The Morgan fingerprint density at radius 3 is 2.39 bits per heavy atom. The summed E-state index contributed by atoms with van der Waals surface area (Å²) < 4.78 is 5.19. The van der Waals surface area contributed by atoms with Gasteiger partial charge in [0.2, 0.25) is 0 Å². The number of primary amides is 1. The number of ether oxygens (including phenoxy) is 1. The number of carbonyl (C=O) groups is 2. The van der Waals surface area contributed by atoms with Gasteiger partial charge in [0.1, 0.15) is 5.60 Å². The number of rotatable bonds is 3. The highest BCUT2D eigenvalue weighted by molar-refractivity contribution is 7.17. The van der Waals surface area contributed by atoms with Gasteiger partial charge in [0.05, 0.1) is 16.3 Å². The van der Waals surface area contributed by atoms with Gasteiger partial charge in [0.15, 0.2) is 0 Å². The zero-order valence-electron chi connectivity index (χ0n) is 13.2. The molecule has 0 saturated carbocycles. The molecule has 1 heterocycles. The Balaban J connectivity index is 2.17. The third-order valence-corrected chi connectivity index (χ3v) is 3.97. The molecule has 1 aromatic carbocycles. The zero-order chi connectivity index (χ0) is 17.2. The summed E-state index contributed by atoms with van der Waals surface area (Å²) in [5, 5.41) is 2.61. The Bertz CT molecular complexity index is 747. The van der Waals surface area contributed by atoms with Crippen LogP contribution in [-0.4, -0.2) is 17.6 Å². The maximum Gasteiger partial charge on any atom is 0.412 e. The highest BCUT2D eigenvalue weighted by Gasteiger charge is 2.17. The van der Waals surface area contributed by atoms with E-state index in [9.17, 15) is 9.59 Å². The predicted molar refractivity (Wildman–Crippen MR) is 92.5 cm³/mol. The van der Waals surface area contributed by atoms with Crippen LogP contribution in [0.15, 0.2) is 30.3 Å². The van der Waals surface area contributed by atoms with Crippen molar-refractivity contribution in [3.8, 4) is 10.4 Å². The Kier molecular flexibility index (Phi) is 4.60. The Hall–Kier alpha value is -2.54. The summed E-state index contributed by atoms with van der Waals surface area (Å²) >= 11 is 1.29. The smallest absolute Gasteiger partial charge is 0.412 e. The number of benzene rings is 1. The standard InChI is InChI=1S/C16H19N3O3S/c1-16(2,3)22-15(21)19-11-5-4-9(8-10(11)17)12-6-7-13(23-12)14(18)20/h4-8H,17H2,1-3H3,(H2,18,20)(H,19,21). The van der Waals surface area contributed by atoms with Crippen LogP contribution < -0.4 is 16.8 Å². The van der Waals surface area contributed by atoms with Gasteiger partial charge in [-0.2, -0.15) is 0 Å². The third kappa shape index (κ3) is 4.46. The molecule has 6 nitrogen and oxygen atoms in total. The summed E-state index contributed by atoms with van der Waals surface area (Å²) in [6.45, 7) is 5.35. The highest BCUT2D eigenvalue weighted by atomic mass is 32.1. The van der Waals surface area contributed by atoms with E-state index < -0.39 is 17.6 Å². The molecule has 0 radical (unpaired) electrons. The van der Waals surface area contributed by atoms with Gasteiger partial charge >= 0.3 is 6.09 Å². The monoisotopic (exact) mass is 333 g/mol. The number of nitrogens with one attached hydrogen (secondary N) is 1. The van der Waals surface area contributed by atoms with E-state index in [1.54, 1.807) is 51.1 Å². The molecule has 0 aliphatic heterocycles. The van der Waals surface area contributed by atoms with Crippen molar-refractivity contribution in [3.63, 3.8) is 0 Å². The van der Waals surface area contributed by atoms with E-state index in [4.69, 9.17) is 16.2 Å². The molecule has 0 bridgehead atoms. The van der Waals surface area contributed by atoms with Crippen LogP contribution in [0.3, 0.4) is 0 Å². The van der Waals surface area contributed by atoms with Crippen LogP contribution in [0.1, 0.15) is 30.4 Å². The van der Waals surface area contributed by atoms with Gasteiger partial charge in [-0.15, -0.1) is 11.3 Å². The predicted octanol–water partition coefficient (Wildman–Crippen LogP) is 3.44. The van der Waals surface area contributed by atoms with Crippen molar-refractivity contribution in [1.82, 2.24) is 0 Å². The van der Waals surface area contributed by atoms with Crippen molar-refractivity contribution in [2.45, 2.75) is 26.4 Å². The second-order valence-electron chi connectivity index (χ2n) is 5.96. The molecular formula is C16H19N3O3S. The van der Waals surface area contributed by atoms with Crippen LogP contribution in [0.5, 0.6) is 0 Å². The lowest BCUT2D eigenvalue weighted by atomic mass is 10.1. The largest absolute Gasteiger partial charge is 0.444 e. The van der Waals surface area contributed by atoms with Crippen LogP contribution in [0.4, 0.5) is 16.2 Å². The minimum absolute atomic E-state index is 0.405. The van der Waals surface area contributed by atoms with Gasteiger partial charge in [-0.1, -0.05) is 6.07 Å². The van der Waals surface area contributed by atoms with Crippen LogP contribution in [0, 0.1) is 0 Å². The minimum atomic E-state index is -0.582. The summed E-state index contributed by atoms with van der Waals surface area (Å²) in [7, 11) is 0. The topological polar surface area (TPSA) is 107 Å². The average Bonchev–Trinajstić information content (AvgIpc) is 2.88. The fraction of sp³-hybridized carbons (Fsp3) is 0.250. The molecule has 2 amide bonds. The van der Waals surface area contributed by atoms with Gasteiger partial charge in [-0.05, 0) is 50.6 Å². The molecule has 0 atom stereocenters. The number of hydrogen-bond acceptors (Lipinski definition) is 5. The van der Waals surface area contributed by atoms with E-state index in [-0.39, 0.29) is 0 Å². The summed E-state index contributed by atoms with van der Waals surface area (Å²) in [6.07, 6.45) is -0.566. The van der Waals surface area contributed by atoms with Crippen LogP contribution in [0.2, 0.25) is 0 Å². The Labute approximate surface area is 138 Å². The molecule has 0 unspecified atom stereocenters. The summed E-state index contributed by atoms with van der Waals surface area (Å²) in [6, 6.07) is 8.70. The number of nitrogen functional groups attached to an aromatic ring is 1. The first-order valence-electron chi connectivity index (χ1n) is 6.95. The molecule has 0 aliphatic carbocycles. The van der Waals surface area contributed by atoms with Crippen molar-refractivity contribution in [1.29, 1.82) is 0 Å². The third-order valence-electron chi connectivity index (χ3n) is 2.82. The van der Waals surface area contributed by atoms with E-state index in [1.807, 2.05) is 0 Å². The van der Waals surface area contributed by atoms with Gasteiger partial charge in [0.25, 0.3) is 5.91 Å². The molecule has 5 N–H and O–H groups in total. The Morgan fingerprint density at radius 2 is 1.87 bits per heavy atom. The van der Waals surface area contributed by atoms with Crippen LogP contribution in [0.25, 0.3) is 10.4 Å². The molecular weight excluding hydrogens is 314 g/mol. The van der Waals surface area contributed by atoms with Crippen molar-refractivity contribution >= 4 is 34.7 Å². The number of carbonyl (C=O) groups excluding carboxylic acids is 2. The van der Waals surface area contributed by atoms with E-state index in [0.29, 0.717) is 16.3 Å². The summed E-state index contributed by atoms with van der Waals surface area (Å²) in [5.74, 6) is -0.461. The van der Waals surface area contributed by atoms with Crippen molar-refractivity contribution in [2.75, 3.05) is 11.1 Å². The number of amides is 2. The number of nitrogens with two attached hydrogens (primary N) is 2. The SMILES string of the molecule is CC(C)(C)OC(=O)Nc1ccc(-c2ccc(C(N)=O)s2)cc1N. The van der Waals surface area contributed by atoms with Crippen molar-refractivity contribution < 1.29 is 14.3 Å². The lowest BCUT2D eigenvalue weighted by Gasteiger charge is -2.20. The first kappa shape index (κ1) is 16.8. The zero-order valence-corrected chi connectivity index (χ0v) is 14.0. The fourth-order valence-electron chi connectivity index (χ4n) is 1.87. The molecule has 23 heavy (non-hydrogen) atoms. The molecule has 0 fully saturated rings. The maximum absolute atomic E-state index is 11.8. The molecule has 2 aromatic rings. The first-order chi connectivity index (χ1) is 10.7. The highest BCUT2D eigenvalue weighted by Crippen LogP contribution is 2.32. The fourth-order valence-corrected chi connectivity index (χ4v) is 2.72. The van der Waals surface area contributed by atoms with E-state index in [0.717, 1.165) is 10.4 Å². The molecule has 0 saturated heterocycles. The lowest BCUT2D eigenvalue weighted by molar-refractivity contribution is 0.0636.